The van der Waals surface area contributed by atoms with E-state index < -0.39 is 0 Å². The minimum atomic E-state index is 0.712. The molecule has 1 aromatic rings. The number of hydrogen-bond donors (Lipinski definition) is 0. The molecular formula is C11H14BrO. The van der Waals surface area contributed by atoms with Crippen molar-refractivity contribution in [3.05, 3.63) is 34.2 Å². The molecule has 0 aliphatic carbocycles. The molecule has 1 nitrogen and oxygen atoms in total. The summed E-state index contributed by atoms with van der Waals surface area (Å²) >= 11 is 3.51. The Hall–Kier alpha value is -0.500. The van der Waals surface area contributed by atoms with Gasteiger partial charge in [0.1, 0.15) is 5.75 Å². The third-order valence-electron chi connectivity index (χ3n) is 1.79. The molecule has 0 saturated heterocycles. The first kappa shape index (κ1) is 10.6. The number of benzene rings is 1. The summed E-state index contributed by atoms with van der Waals surface area (Å²) in [6.07, 6.45) is 0. The minimum absolute atomic E-state index is 0.712. The van der Waals surface area contributed by atoms with Crippen LogP contribution in [-0.4, -0.2) is 6.61 Å². The van der Waals surface area contributed by atoms with Gasteiger partial charge in [0.15, 0.2) is 0 Å². The molecule has 0 aromatic heterocycles. The number of halogens is 1. The monoisotopic (exact) mass is 241 g/mol. The number of hydrogen-bond acceptors (Lipinski definition) is 1. The fourth-order valence-electron chi connectivity index (χ4n) is 1.14. The van der Waals surface area contributed by atoms with Crippen molar-refractivity contribution in [2.45, 2.75) is 20.8 Å². The van der Waals surface area contributed by atoms with Gasteiger partial charge in [0.05, 0.1) is 6.61 Å². The van der Waals surface area contributed by atoms with Crippen molar-refractivity contribution in [3.63, 3.8) is 0 Å². The smallest absolute Gasteiger partial charge is 0.119 e. The fourth-order valence-corrected chi connectivity index (χ4v) is 1.79. The van der Waals surface area contributed by atoms with Gasteiger partial charge in [0.25, 0.3) is 0 Å². The molecule has 13 heavy (non-hydrogen) atoms. The Morgan fingerprint density at radius 2 is 2.08 bits per heavy atom. The normalized spacial score (nSPS) is 10.5. The predicted molar refractivity (Wildman–Crippen MR) is 59.0 cm³/mol. The van der Waals surface area contributed by atoms with E-state index in [9.17, 15) is 0 Å². The predicted octanol–water partition coefficient (Wildman–Crippen LogP) is 3.81. The van der Waals surface area contributed by atoms with Crippen LogP contribution in [0.5, 0.6) is 5.75 Å². The highest BCUT2D eigenvalue weighted by Gasteiger charge is 2.06. The van der Waals surface area contributed by atoms with Crippen LogP contribution in [0, 0.1) is 5.92 Å². The molecule has 0 N–H and O–H groups in total. The highest BCUT2D eigenvalue weighted by atomic mass is 79.9. The van der Waals surface area contributed by atoms with Gasteiger partial charge >= 0.3 is 0 Å². The minimum Gasteiger partial charge on any atom is -0.494 e. The zero-order valence-electron chi connectivity index (χ0n) is 8.23. The van der Waals surface area contributed by atoms with E-state index in [2.05, 4.69) is 35.8 Å². The lowest BCUT2D eigenvalue weighted by molar-refractivity contribution is 0.340. The molecule has 1 rings (SSSR count). The van der Waals surface area contributed by atoms with Crippen LogP contribution in [0.2, 0.25) is 0 Å². The Morgan fingerprint density at radius 1 is 1.38 bits per heavy atom. The van der Waals surface area contributed by atoms with Crippen LogP contribution >= 0.6 is 15.9 Å². The zero-order valence-corrected chi connectivity index (χ0v) is 9.81. The maximum atomic E-state index is 5.42. The summed E-state index contributed by atoms with van der Waals surface area (Å²) in [4.78, 5) is 0. The second-order valence-electron chi connectivity index (χ2n) is 3.07. The van der Waals surface area contributed by atoms with Gasteiger partial charge in [0, 0.05) is 10.4 Å². The largest absolute Gasteiger partial charge is 0.494 e. The van der Waals surface area contributed by atoms with Gasteiger partial charge in [-0.25, -0.2) is 0 Å². The quantitative estimate of drug-likeness (QED) is 0.783. The van der Waals surface area contributed by atoms with Gasteiger partial charge in [-0.1, -0.05) is 29.8 Å². The topological polar surface area (TPSA) is 9.23 Å². The van der Waals surface area contributed by atoms with Crippen molar-refractivity contribution in [2.24, 2.45) is 0 Å². The Morgan fingerprint density at radius 3 is 2.62 bits per heavy atom. The Labute approximate surface area is 88.2 Å². The van der Waals surface area contributed by atoms with Crippen LogP contribution in [-0.2, 0) is 0 Å². The Balaban J connectivity index is 2.97. The standard InChI is InChI=1S/C11H14BrO/c1-4-13-9-5-6-11(12)10(7-9)8(2)3/h5-7H,4H2,1-3H3. The maximum absolute atomic E-state index is 5.42. The van der Waals surface area contributed by atoms with Crippen molar-refractivity contribution < 1.29 is 4.74 Å². The lowest BCUT2D eigenvalue weighted by Gasteiger charge is -2.10. The molecule has 2 heteroatoms. The summed E-state index contributed by atoms with van der Waals surface area (Å²) in [6, 6.07) is 6.05. The maximum Gasteiger partial charge on any atom is 0.119 e. The lowest BCUT2D eigenvalue weighted by Crippen LogP contribution is -1.95. The first-order valence-electron chi connectivity index (χ1n) is 4.38. The SMILES string of the molecule is CCOc1ccc(Br)c([C](C)C)c1. The molecule has 0 atom stereocenters. The van der Waals surface area contributed by atoms with E-state index in [0.717, 1.165) is 10.2 Å². The average Bonchev–Trinajstić information content (AvgIpc) is 2.08. The van der Waals surface area contributed by atoms with Crippen molar-refractivity contribution in [1.82, 2.24) is 0 Å². The molecular weight excluding hydrogens is 228 g/mol. The molecule has 0 heterocycles. The lowest BCUT2D eigenvalue weighted by atomic mass is 10.0. The molecule has 0 amide bonds. The molecule has 0 saturated carbocycles. The van der Waals surface area contributed by atoms with Gasteiger partial charge in [-0.05, 0) is 30.7 Å². The second-order valence-corrected chi connectivity index (χ2v) is 3.93. The van der Waals surface area contributed by atoms with Crippen molar-refractivity contribution in [3.8, 4) is 5.75 Å². The van der Waals surface area contributed by atoms with E-state index in [4.69, 9.17) is 4.74 Å². The molecule has 0 spiro atoms. The van der Waals surface area contributed by atoms with Crippen LogP contribution in [0.1, 0.15) is 26.3 Å². The third-order valence-corrected chi connectivity index (χ3v) is 2.48. The van der Waals surface area contributed by atoms with Crippen molar-refractivity contribution >= 4 is 15.9 Å². The van der Waals surface area contributed by atoms with Gasteiger partial charge in [-0.15, -0.1) is 0 Å². The van der Waals surface area contributed by atoms with E-state index >= 15 is 0 Å². The molecule has 71 valence electrons. The van der Waals surface area contributed by atoms with Crippen LogP contribution in [0.3, 0.4) is 0 Å². The zero-order chi connectivity index (χ0) is 9.84. The van der Waals surface area contributed by atoms with E-state index in [1.807, 2.05) is 19.1 Å². The van der Waals surface area contributed by atoms with Gasteiger partial charge in [0.2, 0.25) is 0 Å². The third kappa shape index (κ3) is 2.73. The van der Waals surface area contributed by atoms with Crippen molar-refractivity contribution in [2.75, 3.05) is 6.61 Å². The van der Waals surface area contributed by atoms with Crippen LogP contribution in [0.15, 0.2) is 22.7 Å². The van der Waals surface area contributed by atoms with E-state index in [1.165, 1.54) is 11.5 Å². The summed E-state index contributed by atoms with van der Waals surface area (Å²) in [5.74, 6) is 2.22. The van der Waals surface area contributed by atoms with Gasteiger partial charge in [-0.3, -0.25) is 0 Å². The summed E-state index contributed by atoms with van der Waals surface area (Å²) < 4.78 is 6.54. The summed E-state index contributed by atoms with van der Waals surface area (Å²) in [6.45, 7) is 6.89. The number of rotatable bonds is 3. The van der Waals surface area contributed by atoms with Crippen LogP contribution in [0.4, 0.5) is 0 Å². The average molecular weight is 242 g/mol. The van der Waals surface area contributed by atoms with E-state index in [1.54, 1.807) is 0 Å². The Kier molecular flexibility index (Phi) is 3.79. The molecule has 0 aliphatic rings. The molecule has 0 aliphatic heterocycles. The highest BCUT2D eigenvalue weighted by Crippen LogP contribution is 2.27. The first-order chi connectivity index (χ1) is 6.15. The molecule has 0 unspecified atom stereocenters. The molecule has 1 aromatic carbocycles. The summed E-state index contributed by atoms with van der Waals surface area (Å²) in [5, 5.41) is 0. The van der Waals surface area contributed by atoms with Gasteiger partial charge < -0.3 is 4.74 Å². The van der Waals surface area contributed by atoms with Crippen molar-refractivity contribution in [1.29, 1.82) is 0 Å². The fraction of sp³-hybridized carbons (Fsp3) is 0.364. The molecule has 0 bridgehead atoms. The van der Waals surface area contributed by atoms with E-state index in [-0.39, 0.29) is 0 Å². The van der Waals surface area contributed by atoms with Gasteiger partial charge in [-0.2, -0.15) is 0 Å². The second kappa shape index (κ2) is 4.66. The first-order valence-corrected chi connectivity index (χ1v) is 5.17. The van der Waals surface area contributed by atoms with E-state index in [0.29, 0.717) is 6.61 Å². The summed E-state index contributed by atoms with van der Waals surface area (Å²) in [5.41, 5.74) is 1.21. The molecule has 1 radical (unpaired) electrons. The summed E-state index contributed by atoms with van der Waals surface area (Å²) in [7, 11) is 0. The Bertz CT molecular complexity index is 281. The molecule has 0 fully saturated rings. The van der Waals surface area contributed by atoms with Crippen LogP contribution < -0.4 is 4.74 Å². The highest BCUT2D eigenvalue weighted by molar-refractivity contribution is 9.10. The van der Waals surface area contributed by atoms with Crippen LogP contribution in [0.25, 0.3) is 0 Å². The number of ether oxygens (including phenoxy) is 1.